The molecule has 8 heteroatoms. The lowest BCUT2D eigenvalue weighted by Crippen LogP contribution is -2.44. The Balaban J connectivity index is 3.23. The second-order valence-electron chi connectivity index (χ2n) is 5.15. The topological polar surface area (TPSA) is 110 Å². The predicted octanol–water partition coefficient (Wildman–Crippen LogP) is 1.17. The molecule has 0 spiro atoms. The number of aliphatic carboxylic acids is 1. The molecule has 0 heterocycles. The third kappa shape index (κ3) is 4.05. The molecule has 122 valence electrons. The van der Waals surface area contributed by atoms with Gasteiger partial charge in [-0.05, 0) is 30.5 Å². The van der Waals surface area contributed by atoms with Crippen LogP contribution < -0.4 is 4.72 Å². The zero-order valence-corrected chi connectivity index (χ0v) is 13.6. The van der Waals surface area contributed by atoms with Crippen LogP contribution in [0, 0.1) is 12.8 Å². The van der Waals surface area contributed by atoms with Crippen molar-refractivity contribution in [1.82, 2.24) is 4.72 Å². The molecule has 1 aromatic carbocycles. The maximum absolute atomic E-state index is 12.3. The average Bonchev–Trinajstić information content (AvgIpc) is 2.43. The summed E-state index contributed by atoms with van der Waals surface area (Å²) in [7, 11) is -2.87. The van der Waals surface area contributed by atoms with E-state index >= 15 is 0 Å². The van der Waals surface area contributed by atoms with Crippen molar-refractivity contribution in [3.05, 3.63) is 29.3 Å². The number of benzene rings is 1. The molecular weight excluding hydrogens is 310 g/mol. The van der Waals surface area contributed by atoms with Crippen LogP contribution in [-0.2, 0) is 19.6 Å². The summed E-state index contributed by atoms with van der Waals surface area (Å²) in [5.41, 5.74) is 0.672. The average molecular weight is 329 g/mol. The number of esters is 1. The fraction of sp³-hybridized carbons (Fsp3) is 0.429. The van der Waals surface area contributed by atoms with Gasteiger partial charge in [0.15, 0.2) is 0 Å². The van der Waals surface area contributed by atoms with Gasteiger partial charge in [-0.25, -0.2) is 13.2 Å². The molecule has 1 aromatic rings. The summed E-state index contributed by atoms with van der Waals surface area (Å²) in [6.07, 6.45) is 0. The van der Waals surface area contributed by atoms with Crippen molar-refractivity contribution in [2.24, 2.45) is 5.92 Å². The molecule has 0 aliphatic carbocycles. The Morgan fingerprint density at radius 1 is 1.27 bits per heavy atom. The van der Waals surface area contributed by atoms with Gasteiger partial charge in [-0.2, -0.15) is 4.72 Å². The number of carboxylic acid groups (broad SMARTS) is 1. The van der Waals surface area contributed by atoms with E-state index in [1.165, 1.54) is 25.3 Å². The van der Waals surface area contributed by atoms with Crippen molar-refractivity contribution >= 4 is 22.0 Å². The van der Waals surface area contributed by atoms with Gasteiger partial charge in [0.25, 0.3) is 0 Å². The van der Waals surface area contributed by atoms with Gasteiger partial charge in [0, 0.05) is 0 Å². The number of sulfonamides is 1. The van der Waals surface area contributed by atoms with Gasteiger partial charge in [0.05, 0.1) is 17.6 Å². The Morgan fingerprint density at radius 3 is 2.32 bits per heavy atom. The van der Waals surface area contributed by atoms with E-state index in [1.807, 2.05) is 0 Å². The molecule has 22 heavy (non-hydrogen) atoms. The molecule has 0 amide bonds. The molecule has 0 radical (unpaired) electrons. The number of carboxylic acids is 1. The number of methoxy groups -OCH3 is 1. The quantitative estimate of drug-likeness (QED) is 0.758. The van der Waals surface area contributed by atoms with E-state index in [4.69, 9.17) is 5.11 Å². The second kappa shape index (κ2) is 6.89. The van der Waals surface area contributed by atoms with Crippen molar-refractivity contribution in [2.75, 3.05) is 7.11 Å². The van der Waals surface area contributed by atoms with Gasteiger partial charge in [-0.1, -0.05) is 19.9 Å². The lowest BCUT2D eigenvalue weighted by Gasteiger charge is -2.18. The minimum Gasteiger partial charge on any atom is -0.480 e. The van der Waals surface area contributed by atoms with Crippen LogP contribution in [0.1, 0.15) is 29.8 Å². The van der Waals surface area contributed by atoms with E-state index in [0.717, 1.165) is 0 Å². The van der Waals surface area contributed by atoms with Crippen molar-refractivity contribution < 1.29 is 27.9 Å². The molecule has 0 bridgehead atoms. The molecule has 0 saturated heterocycles. The smallest absolute Gasteiger partial charge is 0.338 e. The standard InChI is InChI=1S/C14H19NO6S/c1-8(2)12(13(16)17)15-22(19,20)10-6-5-9(3)11(7-10)14(18)21-4/h5-8,12,15H,1-4H3,(H,16,17)/t12-/m0/s1. The maximum atomic E-state index is 12.3. The third-order valence-electron chi connectivity index (χ3n) is 3.14. The van der Waals surface area contributed by atoms with Crippen LogP contribution in [0.25, 0.3) is 0 Å². The summed E-state index contributed by atoms with van der Waals surface area (Å²) in [4.78, 5) is 22.6. The fourth-order valence-corrected chi connectivity index (χ4v) is 3.17. The predicted molar refractivity (Wildman–Crippen MR) is 79.1 cm³/mol. The number of rotatable bonds is 6. The molecule has 0 unspecified atom stereocenters. The zero-order chi connectivity index (χ0) is 17.1. The van der Waals surface area contributed by atoms with E-state index in [-0.39, 0.29) is 10.5 Å². The Labute approximate surface area is 129 Å². The van der Waals surface area contributed by atoms with Gasteiger partial charge >= 0.3 is 11.9 Å². The number of aryl methyl sites for hydroxylation is 1. The zero-order valence-electron chi connectivity index (χ0n) is 12.8. The van der Waals surface area contributed by atoms with Crippen LogP contribution in [0.2, 0.25) is 0 Å². The first-order valence-corrected chi connectivity index (χ1v) is 8.02. The fourth-order valence-electron chi connectivity index (χ4n) is 1.80. The van der Waals surface area contributed by atoms with Crippen molar-refractivity contribution in [3.8, 4) is 0 Å². The highest BCUT2D eigenvalue weighted by atomic mass is 32.2. The van der Waals surface area contributed by atoms with Gasteiger partial charge in [0.2, 0.25) is 10.0 Å². The first-order chi connectivity index (χ1) is 10.1. The van der Waals surface area contributed by atoms with Gasteiger partial charge in [-0.15, -0.1) is 0 Å². The van der Waals surface area contributed by atoms with Crippen molar-refractivity contribution in [2.45, 2.75) is 31.7 Å². The highest BCUT2D eigenvalue weighted by Gasteiger charge is 2.28. The number of carbonyl (C=O) groups is 2. The number of nitrogens with one attached hydrogen (secondary N) is 1. The van der Waals surface area contributed by atoms with Crippen LogP contribution in [0.15, 0.2) is 23.1 Å². The first-order valence-electron chi connectivity index (χ1n) is 6.54. The molecule has 0 saturated carbocycles. The van der Waals surface area contributed by atoms with Crippen molar-refractivity contribution in [1.29, 1.82) is 0 Å². The number of hydrogen-bond acceptors (Lipinski definition) is 5. The molecule has 0 fully saturated rings. The van der Waals surface area contributed by atoms with E-state index in [2.05, 4.69) is 9.46 Å². The summed E-state index contributed by atoms with van der Waals surface area (Å²) in [6.45, 7) is 4.83. The molecule has 7 nitrogen and oxygen atoms in total. The third-order valence-corrected chi connectivity index (χ3v) is 4.58. The lowest BCUT2D eigenvalue weighted by molar-refractivity contribution is -0.140. The van der Waals surface area contributed by atoms with E-state index < -0.39 is 33.9 Å². The SMILES string of the molecule is COC(=O)c1cc(S(=O)(=O)N[C@H](C(=O)O)C(C)C)ccc1C. The summed E-state index contributed by atoms with van der Waals surface area (Å²) in [5, 5.41) is 9.08. The number of hydrogen-bond donors (Lipinski definition) is 2. The first kappa shape index (κ1) is 18.1. The van der Waals surface area contributed by atoms with Crippen LogP contribution >= 0.6 is 0 Å². The molecule has 0 aliphatic heterocycles. The highest BCUT2D eigenvalue weighted by Crippen LogP contribution is 2.18. The van der Waals surface area contributed by atoms with Crippen LogP contribution in [0.4, 0.5) is 0 Å². The molecular formula is C14H19NO6S. The molecule has 0 aromatic heterocycles. The highest BCUT2D eigenvalue weighted by molar-refractivity contribution is 7.89. The minimum absolute atomic E-state index is 0.113. The molecule has 1 atom stereocenters. The Morgan fingerprint density at radius 2 is 1.86 bits per heavy atom. The molecule has 2 N–H and O–H groups in total. The molecule has 1 rings (SSSR count). The largest absolute Gasteiger partial charge is 0.480 e. The summed E-state index contributed by atoms with van der Waals surface area (Å²) in [5.74, 6) is -2.36. The normalized spacial score (nSPS) is 13.0. The maximum Gasteiger partial charge on any atom is 0.338 e. The van der Waals surface area contributed by atoms with E-state index in [1.54, 1.807) is 20.8 Å². The second-order valence-corrected chi connectivity index (χ2v) is 6.86. The Kier molecular flexibility index (Phi) is 5.67. The van der Waals surface area contributed by atoms with Crippen LogP contribution in [0.5, 0.6) is 0 Å². The van der Waals surface area contributed by atoms with Gasteiger partial charge in [0.1, 0.15) is 6.04 Å². The Bertz CT molecular complexity index is 681. The monoisotopic (exact) mass is 329 g/mol. The lowest BCUT2D eigenvalue weighted by atomic mass is 10.1. The number of carbonyl (C=O) groups excluding carboxylic acids is 1. The number of ether oxygens (including phenoxy) is 1. The van der Waals surface area contributed by atoms with Crippen LogP contribution in [-0.4, -0.2) is 38.6 Å². The summed E-state index contributed by atoms with van der Waals surface area (Å²) in [6, 6.07) is 2.69. The molecule has 0 aliphatic rings. The van der Waals surface area contributed by atoms with E-state index in [9.17, 15) is 18.0 Å². The van der Waals surface area contributed by atoms with Gasteiger partial charge in [-0.3, -0.25) is 4.79 Å². The van der Waals surface area contributed by atoms with E-state index in [0.29, 0.717) is 5.56 Å². The van der Waals surface area contributed by atoms with Crippen molar-refractivity contribution in [3.63, 3.8) is 0 Å². The Hall–Kier alpha value is -1.93. The minimum atomic E-state index is -4.07. The van der Waals surface area contributed by atoms with Gasteiger partial charge < -0.3 is 9.84 Å². The summed E-state index contributed by atoms with van der Waals surface area (Å²) < 4.78 is 31.3. The van der Waals surface area contributed by atoms with Crippen LogP contribution in [0.3, 0.4) is 0 Å². The summed E-state index contributed by atoms with van der Waals surface area (Å²) >= 11 is 0.